The van der Waals surface area contributed by atoms with Gasteiger partial charge in [-0.3, -0.25) is 9.59 Å². The highest BCUT2D eigenvalue weighted by atomic mass is 16.3. The van der Waals surface area contributed by atoms with Crippen molar-refractivity contribution in [2.45, 2.75) is 52.1 Å². The molecule has 3 rings (SSSR count). The van der Waals surface area contributed by atoms with E-state index in [1.54, 1.807) is 20.8 Å². The summed E-state index contributed by atoms with van der Waals surface area (Å²) >= 11 is 0. The second-order valence-corrected chi connectivity index (χ2v) is 7.43. The van der Waals surface area contributed by atoms with E-state index in [9.17, 15) is 30.0 Å². The number of phenols is 3. The fraction of sp³-hybridized carbons (Fsp3) is 0.400. The van der Waals surface area contributed by atoms with Gasteiger partial charge >= 0.3 is 0 Å². The minimum atomic E-state index is -1.04. The molecule has 6 heteroatoms. The Labute approximate surface area is 151 Å². The first-order valence-corrected chi connectivity index (χ1v) is 8.46. The summed E-state index contributed by atoms with van der Waals surface area (Å²) < 4.78 is 0. The van der Waals surface area contributed by atoms with Gasteiger partial charge in [0.1, 0.15) is 5.75 Å². The monoisotopic (exact) mass is 358 g/mol. The van der Waals surface area contributed by atoms with Crippen molar-refractivity contribution in [3.63, 3.8) is 0 Å². The lowest BCUT2D eigenvalue weighted by Gasteiger charge is -2.41. The first kappa shape index (κ1) is 18.2. The molecule has 2 aliphatic rings. The summed E-state index contributed by atoms with van der Waals surface area (Å²) in [6.07, 6.45) is 0.380. The van der Waals surface area contributed by atoms with Crippen molar-refractivity contribution in [1.82, 2.24) is 0 Å². The van der Waals surface area contributed by atoms with Gasteiger partial charge in [0.25, 0.3) is 0 Å². The maximum atomic E-state index is 12.7. The second-order valence-electron chi connectivity index (χ2n) is 7.43. The number of fused-ring (bicyclic) bond motifs is 3. The Morgan fingerprint density at radius 1 is 1.08 bits per heavy atom. The number of ketones is 2. The van der Waals surface area contributed by atoms with Crippen molar-refractivity contribution >= 4 is 11.6 Å². The molecule has 2 aliphatic carbocycles. The Balaban J connectivity index is 2.38. The summed E-state index contributed by atoms with van der Waals surface area (Å²) in [6.45, 7) is 6.62. The largest absolute Gasteiger partial charge is 0.507 e. The molecule has 0 bridgehead atoms. The number of carbonyl (C=O) groups is 2. The van der Waals surface area contributed by atoms with Gasteiger partial charge in [0.2, 0.25) is 0 Å². The molecule has 0 spiro atoms. The van der Waals surface area contributed by atoms with E-state index in [0.29, 0.717) is 16.7 Å². The molecular formula is C20H22O6. The molecule has 0 radical (unpaired) electrons. The van der Waals surface area contributed by atoms with Gasteiger partial charge in [-0.1, -0.05) is 6.92 Å². The van der Waals surface area contributed by atoms with E-state index in [1.807, 2.05) is 0 Å². The van der Waals surface area contributed by atoms with Crippen LogP contribution < -0.4 is 0 Å². The highest BCUT2D eigenvalue weighted by molar-refractivity contribution is 6.13. The first-order chi connectivity index (χ1) is 12.0. The molecule has 0 aliphatic heterocycles. The Bertz CT molecular complexity index is 919. The summed E-state index contributed by atoms with van der Waals surface area (Å²) in [5.74, 6) is -2.19. The molecule has 4 N–H and O–H groups in total. The molecule has 6 nitrogen and oxygen atoms in total. The van der Waals surface area contributed by atoms with E-state index >= 15 is 0 Å². The number of Topliss-reactive ketones (excluding diaryl/α,β-unsaturated/α-hetero) is 1. The number of benzene rings is 1. The fourth-order valence-corrected chi connectivity index (χ4v) is 4.09. The predicted molar refractivity (Wildman–Crippen MR) is 94.6 cm³/mol. The number of aromatic hydroxyl groups is 3. The SMILES string of the molecule is CC1=C(C)C2=CC(=O)c3c(O)c(C[C@H](C)O)c(O)c(O)c3[C@@]2(C)CC1=O. The van der Waals surface area contributed by atoms with E-state index < -0.39 is 34.6 Å². The number of phenolic OH excluding ortho intramolecular Hbond substituents is 3. The number of rotatable bonds is 2. The van der Waals surface area contributed by atoms with Crippen molar-refractivity contribution in [3.8, 4) is 17.2 Å². The van der Waals surface area contributed by atoms with Crippen molar-refractivity contribution in [3.05, 3.63) is 39.5 Å². The number of allylic oxidation sites excluding steroid dienone is 4. The van der Waals surface area contributed by atoms with Gasteiger partial charge in [0.05, 0.1) is 11.7 Å². The van der Waals surface area contributed by atoms with Crippen LogP contribution in [0.3, 0.4) is 0 Å². The molecule has 0 fully saturated rings. The molecule has 26 heavy (non-hydrogen) atoms. The molecule has 0 unspecified atom stereocenters. The summed E-state index contributed by atoms with van der Waals surface area (Å²) in [5, 5.41) is 41.3. The normalized spacial score (nSPS) is 23.5. The number of aliphatic hydroxyl groups is 1. The predicted octanol–water partition coefficient (Wildman–Crippen LogP) is 2.42. The van der Waals surface area contributed by atoms with E-state index in [4.69, 9.17) is 0 Å². The minimum absolute atomic E-state index is 0.0183. The van der Waals surface area contributed by atoms with Gasteiger partial charge in [-0.25, -0.2) is 0 Å². The number of carbonyl (C=O) groups excluding carboxylic acids is 2. The maximum absolute atomic E-state index is 12.7. The number of hydrogen-bond donors (Lipinski definition) is 4. The summed E-state index contributed by atoms with van der Waals surface area (Å²) in [7, 11) is 0. The maximum Gasteiger partial charge on any atom is 0.190 e. The lowest BCUT2D eigenvalue weighted by Crippen LogP contribution is -2.38. The Hall–Kier alpha value is -2.60. The van der Waals surface area contributed by atoms with Gasteiger partial charge in [-0.15, -0.1) is 0 Å². The van der Waals surface area contributed by atoms with Crippen LogP contribution in [0.1, 0.15) is 55.6 Å². The number of aliphatic hydroxyl groups excluding tert-OH is 1. The Morgan fingerprint density at radius 3 is 2.27 bits per heavy atom. The Kier molecular flexibility index (Phi) is 3.99. The van der Waals surface area contributed by atoms with Crippen LogP contribution in [-0.2, 0) is 16.6 Å². The molecule has 0 amide bonds. The van der Waals surface area contributed by atoms with Crippen LogP contribution in [0.5, 0.6) is 17.2 Å². The lowest BCUT2D eigenvalue weighted by molar-refractivity contribution is -0.116. The third kappa shape index (κ3) is 2.29. The minimum Gasteiger partial charge on any atom is -0.507 e. The molecule has 0 saturated carbocycles. The zero-order valence-corrected chi connectivity index (χ0v) is 15.2. The fourth-order valence-electron chi connectivity index (χ4n) is 4.09. The topological polar surface area (TPSA) is 115 Å². The summed E-state index contributed by atoms with van der Waals surface area (Å²) in [6, 6.07) is 0. The van der Waals surface area contributed by atoms with Gasteiger partial charge in [0, 0.05) is 29.4 Å². The zero-order valence-electron chi connectivity index (χ0n) is 15.2. The third-order valence-electron chi connectivity index (χ3n) is 5.59. The molecule has 0 saturated heterocycles. The quantitative estimate of drug-likeness (QED) is 0.477. The van der Waals surface area contributed by atoms with Crippen LogP contribution in [0.4, 0.5) is 0 Å². The molecule has 0 aromatic heterocycles. The van der Waals surface area contributed by atoms with Crippen LogP contribution in [0.25, 0.3) is 0 Å². The summed E-state index contributed by atoms with van der Waals surface area (Å²) in [4.78, 5) is 25.2. The van der Waals surface area contributed by atoms with Crippen LogP contribution in [0.2, 0.25) is 0 Å². The Morgan fingerprint density at radius 2 is 1.69 bits per heavy atom. The molecule has 0 heterocycles. The molecule has 1 aromatic carbocycles. The van der Waals surface area contributed by atoms with Crippen molar-refractivity contribution in [2.75, 3.05) is 0 Å². The molecular weight excluding hydrogens is 336 g/mol. The standard InChI is InChI=1S/C20H22O6/c1-8(21)5-11-17(24)15-13(22)6-12-9(2)10(3)14(23)7-20(12,4)16(15)19(26)18(11)25/h6,8,21,24-26H,5,7H2,1-4H3/t8-,20-/m0/s1. The third-order valence-corrected chi connectivity index (χ3v) is 5.59. The van der Waals surface area contributed by atoms with Crippen LogP contribution in [0.15, 0.2) is 22.8 Å². The zero-order chi connectivity index (χ0) is 19.5. The van der Waals surface area contributed by atoms with E-state index in [1.165, 1.54) is 13.0 Å². The van der Waals surface area contributed by atoms with Crippen LogP contribution in [-0.4, -0.2) is 38.1 Å². The van der Waals surface area contributed by atoms with Crippen molar-refractivity contribution < 1.29 is 30.0 Å². The molecule has 2 atom stereocenters. The van der Waals surface area contributed by atoms with E-state index in [2.05, 4.69) is 0 Å². The van der Waals surface area contributed by atoms with Crippen molar-refractivity contribution in [1.29, 1.82) is 0 Å². The lowest BCUT2D eigenvalue weighted by atomic mass is 9.61. The molecule has 138 valence electrons. The highest BCUT2D eigenvalue weighted by Crippen LogP contribution is 2.56. The van der Waals surface area contributed by atoms with E-state index in [-0.39, 0.29) is 35.3 Å². The highest BCUT2D eigenvalue weighted by Gasteiger charge is 2.48. The molecule has 1 aromatic rings. The van der Waals surface area contributed by atoms with Gasteiger partial charge in [-0.2, -0.15) is 0 Å². The van der Waals surface area contributed by atoms with Crippen LogP contribution >= 0.6 is 0 Å². The number of hydrogen-bond acceptors (Lipinski definition) is 6. The average molecular weight is 358 g/mol. The second kappa shape index (κ2) is 5.71. The van der Waals surface area contributed by atoms with Gasteiger partial charge in [-0.05, 0) is 43.6 Å². The van der Waals surface area contributed by atoms with Crippen molar-refractivity contribution in [2.24, 2.45) is 0 Å². The van der Waals surface area contributed by atoms with Crippen LogP contribution in [0, 0.1) is 0 Å². The average Bonchev–Trinajstić information content (AvgIpc) is 2.55. The van der Waals surface area contributed by atoms with E-state index in [0.717, 1.165) is 0 Å². The summed E-state index contributed by atoms with van der Waals surface area (Å²) in [5.41, 5.74) is 0.636. The smallest absolute Gasteiger partial charge is 0.190 e. The first-order valence-electron chi connectivity index (χ1n) is 8.46. The van der Waals surface area contributed by atoms with Gasteiger partial charge in [0.15, 0.2) is 23.1 Å². The van der Waals surface area contributed by atoms with Gasteiger partial charge < -0.3 is 20.4 Å².